The summed E-state index contributed by atoms with van der Waals surface area (Å²) in [5, 5.41) is 0. The number of hydrogen-bond acceptors (Lipinski definition) is 1. The third-order valence-corrected chi connectivity index (χ3v) is 6.48. The maximum Gasteiger partial charge on any atom is 0.119 e. The van der Waals surface area contributed by atoms with Crippen LogP contribution < -0.4 is 4.74 Å². The van der Waals surface area contributed by atoms with E-state index < -0.39 is 0 Å². The van der Waals surface area contributed by atoms with Crippen molar-refractivity contribution in [3.8, 4) is 5.75 Å². The Morgan fingerprint density at radius 2 is 1.37 bits per heavy atom. The normalized spacial score (nSPS) is 19.9. The molecule has 0 N–H and O–H groups in total. The van der Waals surface area contributed by atoms with Crippen LogP contribution in [0.25, 0.3) is 0 Å². The van der Waals surface area contributed by atoms with Crippen molar-refractivity contribution in [2.75, 3.05) is 6.61 Å². The molecule has 1 fully saturated rings. The fourth-order valence-corrected chi connectivity index (χ4v) is 4.74. The zero-order valence-electron chi connectivity index (χ0n) is 18.2. The second-order valence-electron chi connectivity index (χ2n) is 8.75. The molecule has 1 saturated carbocycles. The molecule has 1 nitrogen and oxygen atoms in total. The largest absolute Gasteiger partial charge is 0.494 e. The Morgan fingerprint density at radius 1 is 0.741 bits per heavy atom. The Balaban J connectivity index is 1.62. The van der Waals surface area contributed by atoms with Crippen LogP contribution in [0.5, 0.6) is 5.75 Å². The molecule has 1 aliphatic rings. The zero-order chi connectivity index (χ0) is 19.2. The fourth-order valence-electron chi connectivity index (χ4n) is 4.74. The molecule has 1 aromatic rings. The number of aryl methyl sites for hydroxylation is 1. The molecule has 2 unspecified atom stereocenters. The minimum atomic E-state index is 0.883. The van der Waals surface area contributed by atoms with Gasteiger partial charge in [0.2, 0.25) is 0 Å². The van der Waals surface area contributed by atoms with E-state index in [4.69, 9.17) is 4.74 Å². The summed E-state index contributed by atoms with van der Waals surface area (Å²) in [4.78, 5) is 0. The van der Waals surface area contributed by atoms with Gasteiger partial charge in [-0.25, -0.2) is 0 Å². The minimum absolute atomic E-state index is 0.883. The van der Waals surface area contributed by atoms with E-state index in [0.717, 1.165) is 24.2 Å². The molecule has 0 aromatic heterocycles. The van der Waals surface area contributed by atoms with Gasteiger partial charge in [0.25, 0.3) is 0 Å². The van der Waals surface area contributed by atoms with Crippen LogP contribution >= 0.6 is 0 Å². The standard InChI is InChI=1S/C26H44O/c1-3-5-7-9-13-23-18-20-26(21-19-23)27-22-12-17-25-16-11-10-15-24(25)14-8-6-4-2/h18-21,24-25H,3-17,22H2,1-2H3. The summed E-state index contributed by atoms with van der Waals surface area (Å²) in [6.45, 7) is 5.47. The van der Waals surface area contributed by atoms with Gasteiger partial charge in [-0.1, -0.05) is 96.6 Å². The van der Waals surface area contributed by atoms with Crippen molar-refractivity contribution in [3.63, 3.8) is 0 Å². The predicted octanol–water partition coefficient (Wildman–Crippen LogP) is 8.36. The van der Waals surface area contributed by atoms with Gasteiger partial charge in [0.05, 0.1) is 6.61 Å². The predicted molar refractivity (Wildman–Crippen MR) is 119 cm³/mol. The molecule has 0 aliphatic heterocycles. The first-order valence-electron chi connectivity index (χ1n) is 12.0. The van der Waals surface area contributed by atoms with E-state index in [1.807, 2.05) is 0 Å². The molecule has 0 amide bonds. The Labute approximate surface area is 169 Å². The van der Waals surface area contributed by atoms with Crippen LogP contribution in [-0.4, -0.2) is 6.61 Å². The second kappa shape index (κ2) is 14.1. The Hall–Kier alpha value is -0.980. The zero-order valence-corrected chi connectivity index (χ0v) is 18.2. The van der Waals surface area contributed by atoms with Crippen LogP contribution in [0.1, 0.15) is 109 Å². The Morgan fingerprint density at radius 3 is 2.04 bits per heavy atom. The highest BCUT2D eigenvalue weighted by molar-refractivity contribution is 5.27. The quantitative estimate of drug-likeness (QED) is 0.298. The molecule has 0 bridgehead atoms. The summed E-state index contributed by atoms with van der Waals surface area (Å²) in [5.41, 5.74) is 1.45. The van der Waals surface area contributed by atoms with Gasteiger partial charge in [0.1, 0.15) is 5.75 Å². The monoisotopic (exact) mass is 372 g/mol. The lowest BCUT2D eigenvalue weighted by Gasteiger charge is -2.31. The topological polar surface area (TPSA) is 9.23 Å². The van der Waals surface area contributed by atoms with Crippen molar-refractivity contribution in [2.24, 2.45) is 11.8 Å². The molecule has 2 rings (SSSR count). The van der Waals surface area contributed by atoms with E-state index in [1.54, 1.807) is 0 Å². The van der Waals surface area contributed by atoms with Crippen LogP contribution in [0, 0.1) is 11.8 Å². The number of benzene rings is 1. The van der Waals surface area contributed by atoms with Gasteiger partial charge in [-0.2, -0.15) is 0 Å². The maximum absolute atomic E-state index is 6.03. The average Bonchev–Trinajstić information content (AvgIpc) is 2.71. The molecule has 2 atom stereocenters. The van der Waals surface area contributed by atoms with Crippen LogP contribution in [-0.2, 0) is 6.42 Å². The molecule has 1 aliphatic carbocycles. The van der Waals surface area contributed by atoms with Crippen LogP contribution in [0.4, 0.5) is 0 Å². The van der Waals surface area contributed by atoms with Gasteiger partial charge in [-0.15, -0.1) is 0 Å². The molecule has 154 valence electrons. The highest BCUT2D eigenvalue weighted by Gasteiger charge is 2.24. The Kier molecular flexibility index (Phi) is 11.6. The maximum atomic E-state index is 6.03. The molecule has 0 radical (unpaired) electrons. The third kappa shape index (κ3) is 9.17. The summed E-state index contributed by atoms with van der Waals surface area (Å²) in [6.07, 6.45) is 20.7. The lowest BCUT2D eigenvalue weighted by molar-refractivity contribution is 0.190. The van der Waals surface area contributed by atoms with E-state index in [9.17, 15) is 0 Å². The van der Waals surface area contributed by atoms with Crippen molar-refractivity contribution >= 4 is 0 Å². The van der Waals surface area contributed by atoms with E-state index >= 15 is 0 Å². The van der Waals surface area contributed by atoms with Crippen molar-refractivity contribution in [1.29, 1.82) is 0 Å². The first-order chi connectivity index (χ1) is 13.3. The van der Waals surface area contributed by atoms with Gasteiger partial charge in [0.15, 0.2) is 0 Å². The summed E-state index contributed by atoms with van der Waals surface area (Å²) in [6, 6.07) is 8.85. The van der Waals surface area contributed by atoms with Crippen molar-refractivity contribution in [2.45, 2.75) is 110 Å². The minimum Gasteiger partial charge on any atom is -0.494 e. The molecular weight excluding hydrogens is 328 g/mol. The highest BCUT2D eigenvalue weighted by Crippen LogP contribution is 2.36. The van der Waals surface area contributed by atoms with Gasteiger partial charge in [-0.3, -0.25) is 0 Å². The van der Waals surface area contributed by atoms with Gasteiger partial charge < -0.3 is 4.74 Å². The highest BCUT2D eigenvalue weighted by atomic mass is 16.5. The molecule has 1 heteroatoms. The number of unbranched alkanes of at least 4 members (excludes halogenated alkanes) is 5. The molecule has 0 heterocycles. The van der Waals surface area contributed by atoms with Crippen molar-refractivity contribution < 1.29 is 4.74 Å². The molecule has 1 aromatic carbocycles. The van der Waals surface area contributed by atoms with Gasteiger partial charge in [0, 0.05) is 0 Å². The van der Waals surface area contributed by atoms with E-state index in [2.05, 4.69) is 38.1 Å². The first-order valence-corrected chi connectivity index (χ1v) is 12.0. The third-order valence-electron chi connectivity index (χ3n) is 6.48. The van der Waals surface area contributed by atoms with Crippen LogP contribution in [0.15, 0.2) is 24.3 Å². The summed E-state index contributed by atoms with van der Waals surface area (Å²) >= 11 is 0. The molecule has 0 spiro atoms. The van der Waals surface area contributed by atoms with E-state index in [0.29, 0.717) is 0 Å². The number of hydrogen-bond donors (Lipinski definition) is 0. The summed E-state index contributed by atoms with van der Waals surface area (Å²) in [5.74, 6) is 3.01. The molecule has 0 saturated heterocycles. The van der Waals surface area contributed by atoms with Gasteiger partial charge in [-0.05, 0) is 55.2 Å². The summed E-state index contributed by atoms with van der Waals surface area (Å²) < 4.78 is 6.03. The smallest absolute Gasteiger partial charge is 0.119 e. The molecular formula is C26H44O. The second-order valence-corrected chi connectivity index (χ2v) is 8.75. The van der Waals surface area contributed by atoms with Gasteiger partial charge >= 0.3 is 0 Å². The SMILES string of the molecule is CCCCCCc1ccc(OCCCC2CCCCC2CCCCC)cc1. The lowest BCUT2D eigenvalue weighted by atomic mass is 9.74. The average molecular weight is 373 g/mol. The first kappa shape index (κ1) is 22.3. The lowest BCUT2D eigenvalue weighted by Crippen LogP contribution is -2.20. The fraction of sp³-hybridized carbons (Fsp3) is 0.769. The molecule has 27 heavy (non-hydrogen) atoms. The van der Waals surface area contributed by atoms with Crippen molar-refractivity contribution in [3.05, 3.63) is 29.8 Å². The summed E-state index contributed by atoms with van der Waals surface area (Å²) in [7, 11) is 0. The van der Waals surface area contributed by atoms with Crippen LogP contribution in [0.2, 0.25) is 0 Å². The Bertz CT molecular complexity index is 464. The number of rotatable bonds is 14. The van der Waals surface area contributed by atoms with Crippen LogP contribution in [0.3, 0.4) is 0 Å². The van der Waals surface area contributed by atoms with E-state index in [-0.39, 0.29) is 0 Å². The van der Waals surface area contributed by atoms with E-state index in [1.165, 1.54) is 102 Å². The number of ether oxygens (including phenoxy) is 1. The van der Waals surface area contributed by atoms with Crippen molar-refractivity contribution in [1.82, 2.24) is 0 Å².